The molecule has 0 unspecified atom stereocenters. The maximum atomic E-state index is 13.0. The average Bonchev–Trinajstić information content (AvgIpc) is 2.38. The first-order valence-electron chi connectivity index (χ1n) is 5.88. The number of carbonyl (C=O) groups is 1. The van der Waals surface area contributed by atoms with Crippen molar-refractivity contribution in [1.29, 1.82) is 0 Å². The molecule has 1 aromatic carbocycles. The van der Waals surface area contributed by atoms with Gasteiger partial charge in [0.15, 0.2) is 0 Å². The second-order valence-electron chi connectivity index (χ2n) is 4.36. The fourth-order valence-electron chi connectivity index (χ4n) is 1.72. The van der Waals surface area contributed by atoms with Crippen LogP contribution in [0.5, 0.6) is 0 Å². The number of halogens is 2. The molecule has 0 aliphatic rings. The van der Waals surface area contributed by atoms with Gasteiger partial charge in [-0.25, -0.2) is 4.98 Å². The lowest BCUT2D eigenvalue weighted by atomic mass is 10.2. The summed E-state index contributed by atoms with van der Waals surface area (Å²) in [4.78, 5) is 17.5. The third-order valence-corrected chi connectivity index (χ3v) is 3.13. The summed E-state index contributed by atoms with van der Waals surface area (Å²) < 4.78 is 13.9. The van der Waals surface area contributed by atoms with Crippen LogP contribution < -0.4 is 10.2 Å². The van der Waals surface area contributed by atoms with Crippen molar-refractivity contribution in [2.45, 2.75) is 0 Å². The Morgan fingerprint density at radius 2 is 2.05 bits per heavy atom. The topological polar surface area (TPSA) is 45.2 Å². The summed E-state index contributed by atoms with van der Waals surface area (Å²) in [5, 5.41) is 2.74. The maximum Gasteiger partial charge on any atom is 0.274 e. The number of aromatic nitrogens is 1. The van der Waals surface area contributed by atoms with E-state index >= 15 is 0 Å². The summed E-state index contributed by atoms with van der Waals surface area (Å²) in [6.45, 7) is 0. The number of anilines is 2. The molecule has 0 aliphatic heterocycles. The third kappa shape index (κ3) is 3.33. The van der Waals surface area contributed by atoms with Crippen molar-refractivity contribution >= 4 is 33.2 Å². The SMILES string of the molecule is CN(C)c1ccc(Br)cc1NC(=O)c1cccc(F)n1. The Morgan fingerprint density at radius 3 is 2.70 bits per heavy atom. The highest BCUT2D eigenvalue weighted by Crippen LogP contribution is 2.28. The second kappa shape index (κ2) is 6.00. The van der Waals surface area contributed by atoms with E-state index in [-0.39, 0.29) is 5.69 Å². The Hall–Kier alpha value is -1.95. The first kappa shape index (κ1) is 14.5. The largest absolute Gasteiger partial charge is 0.376 e. The number of nitrogens with zero attached hydrogens (tertiary/aromatic N) is 2. The summed E-state index contributed by atoms with van der Waals surface area (Å²) in [7, 11) is 3.75. The van der Waals surface area contributed by atoms with E-state index in [1.807, 2.05) is 31.1 Å². The van der Waals surface area contributed by atoms with Gasteiger partial charge in [-0.15, -0.1) is 0 Å². The van der Waals surface area contributed by atoms with Gasteiger partial charge in [-0.1, -0.05) is 22.0 Å². The molecule has 0 saturated heterocycles. The molecule has 0 fully saturated rings. The van der Waals surface area contributed by atoms with Gasteiger partial charge in [-0.2, -0.15) is 4.39 Å². The minimum atomic E-state index is -0.681. The quantitative estimate of drug-likeness (QED) is 0.874. The molecule has 2 aromatic rings. The number of carbonyl (C=O) groups excluding carboxylic acids is 1. The van der Waals surface area contributed by atoms with Crippen molar-refractivity contribution in [3.05, 3.63) is 52.5 Å². The van der Waals surface area contributed by atoms with Crippen LogP contribution in [0.2, 0.25) is 0 Å². The average molecular weight is 338 g/mol. The minimum absolute atomic E-state index is 0.0367. The van der Waals surface area contributed by atoms with E-state index in [0.29, 0.717) is 5.69 Å². The fourth-order valence-corrected chi connectivity index (χ4v) is 2.08. The van der Waals surface area contributed by atoms with Crippen molar-refractivity contribution in [3.63, 3.8) is 0 Å². The highest BCUT2D eigenvalue weighted by Gasteiger charge is 2.12. The smallest absolute Gasteiger partial charge is 0.274 e. The number of hydrogen-bond acceptors (Lipinski definition) is 3. The molecule has 1 amide bonds. The van der Waals surface area contributed by atoms with Crippen LogP contribution in [0.25, 0.3) is 0 Å². The third-order valence-electron chi connectivity index (χ3n) is 2.64. The monoisotopic (exact) mass is 337 g/mol. The van der Waals surface area contributed by atoms with Crippen LogP contribution in [0.3, 0.4) is 0 Å². The van der Waals surface area contributed by atoms with Gasteiger partial charge in [0, 0.05) is 18.6 Å². The lowest BCUT2D eigenvalue weighted by Crippen LogP contribution is -2.18. The van der Waals surface area contributed by atoms with Crippen LogP contribution in [0.1, 0.15) is 10.5 Å². The van der Waals surface area contributed by atoms with Gasteiger partial charge in [0.1, 0.15) is 5.69 Å². The molecule has 0 spiro atoms. The predicted octanol–water partition coefficient (Wildman–Crippen LogP) is 3.30. The van der Waals surface area contributed by atoms with Crippen LogP contribution in [0, 0.1) is 5.95 Å². The van der Waals surface area contributed by atoms with E-state index in [2.05, 4.69) is 26.2 Å². The lowest BCUT2D eigenvalue weighted by molar-refractivity contribution is 0.102. The standard InChI is InChI=1S/C14H13BrFN3O/c1-19(2)12-7-6-9(15)8-11(12)18-14(20)10-4-3-5-13(16)17-10/h3-8H,1-2H3,(H,18,20). The highest BCUT2D eigenvalue weighted by atomic mass is 79.9. The molecule has 0 atom stereocenters. The number of hydrogen-bond donors (Lipinski definition) is 1. The second-order valence-corrected chi connectivity index (χ2v) is 5.27. The Bertz CT molecular complexity index is 646. The Kier molecular flexibility index (Phi) is 4.34. The van der Waals surface area contributed by atoms with Gasteiger partial charge in [-0.3, -0.25) is 4.79 Å². The Balaban J connectivity index is 2.30. The molecule has 2 rings (SSSR count). The number of pyridine rings is 1. The summed E-state index contributed by atoms with van der Waals surface area (Å²) in [5.74, 6) is -1.13. The van der Waals surface area contributed by atoms with Gasteiger partial charge in [-0.05, 0) is 30.3 Å². The normalized spacial score (nSPS) is 10.2. The molecule has 0 bridgehead atoms. The molecule has 20 heavy (non-hydrogen) atoms. The number of benzene rings is 1. The van der Waals surface area contributed by atoms with Crippen molar-refractivity contribution in [2.24, 2.45) is 0 Å². The molecule has 6 heteroatoms. The zero-order valence-corrected chi connectivity index (χ0v) is 12.6. The van der Waals surface area contributed by atoms with E-state index < -0.39 is 11.9 Å². The van der Waals surface area contributed by atoms with E-state index in [1.54, 1.807) is 6.07 Å². The predicted molar refractivity (Wildman–Crippen MR) is 80.6 cm³/mol. The van der Waals surface area contributed by atoms with Crippen molar-refractivity contribution < 1.29 is 9.18 Å². The first-order valence-corrected chi connectivity index (χ1v) is 6.67. The zero-order valence-electron chi connectivity index (χ0n) is 11.0. The highest BCUT2D eigenvalue weighted by molar-refractivity contribution is 9.10. The number of nitrogens with one attached hydrogen (secondary N) is 1. The van der Waals surface area contributed by atoms with E-state index in [4.69, 9.17) is 0 Å². The fraction of sp³-hybridized carbons (Fsp3) is 0.143. The summed E-state index contributed by atoms with van der Waals surface area (Å²) >= 11 is 3.36. The van der Waals surface area contributed by atoms with Crippen molar-refractivity contribution in [3.8, 4) is 0 Å². The lowest BCUT2D eigenvalue weighted by Gasteiger charge is -2.18. The molecular formula is C14H13BrFN3O. The van der Waals surface area contributed by atoms with Crippen LogP contribution in [-0.4, -0.2) is 25.0 Å². The van der Waals surface area contributed by atoms with Crippen LogP contribution in [-0.2, 0) is 0 Å². The summed E-state index contributed by atoms with van der Waals surface area (Å²) in [6.07, 6.45) is 0. The van der Waals surface area contributed by atoms with Gasteiger partial charge >= 0.3 is 0 Å². The van der Waals surface area contributed by atoms with E-state index in [9.17, 15) is 9.18 Å². The molecule has 0 radical (unpaired) electrons. The Morgan fingerprint density at radius 1 is 1.30 bits per heavy atom. The van der Waals surface area contributed by atoms with Gasteiger partial charge in [0.05, 0.1) is 11.4 Å². The van der Waals surface area contributed by atoms with Crippen LogP contribution in [0.15, 0.2) is 40.9 Å². The van der Waals surface area contributed by atoms with Gasteiger partial charge in [0.2, 0.25) is 5.95 Å². The molecule has 104 valence electrons. The van der Waals surface area contributed by atoms with Crippen LogP contribution in [0.4, 0.5) is 15.8 Å². The Labute approximate surface area is 124 Å². The zero-order chi connectivity index (χ0) is 14.7. The molecule has 1 heterocycles. The number of rotatable bonds is 3. The molecule has 4 nitrogen and oxygen atoms in total. The number of amides is 1. The van der Waals surface area contributed by atoms with Crippen molar-refractivity contribution in [1.82, 2.24) is 4.98 Å². The molecule has 1 aromatic heterocycles. The molecular weight excluding hydrogens is 325 g/mol. The first-order chi connectivity index (χ1) is 9.47. The van der Waals surface area contributed by atoms with Crippen LogP contribution >= 0.6 is 15.9 Å². The van der Waals surface area contributed by atoms with E-state index in [1.165, 1.54) is 18.2 Å². The van der Waals surface area contributed by atoms with E-state index in [0.717, 1.165) is 10.2 Å². The van der Waals surface area contributed by atoms with Gasteiger partial charge in [0.25, 0.3) is 5.91 Å². The van der Waals surface area contributed by atoms with Crippen molar-refractivity contribution in [2.75, 3.05) is 24.3 Å². The molecule has 0 saturated carbocycles. The summed E-state index contributed by atoms with van der Waals surface area (Å²) in [6, 6.07) is 9.65. The minimum Gasteiger partial charge on any atom is -0.376 e. The van der Waals surface area contributed by atoms with Gasteiger partial charge < -0.3 is 10.2 Å². The summed E-state index contributed by atoms with van der Waals surface area (Å²) in [5.41, 5.74) is 1.51. The molecule has 0 aliphatic carbocycles. The molecule has 1 N–H and O–H groups in total. The maximum absolute atomic E-state index is 13.0.